The molecule has 0 unspecified atom stereocenters. The highest BCUT2D eigenvalue weighted by molar-refractivity contribution is 6.01. The van der Waals surface area contributed by atoms with Crippen molar-refractivity contribution in [3.8, 4) is 5.75 Å². The van der Waals surface area contributed by atoms with Crippen LogP contribution < -0.4 is 10.4 Å². The molecule has 0 saturated heterocycles. The van der Waals surface area contributed by atoms with Crippen LogP contribution in [-0.4, -0.2) is 25.0 Å². The number of hydrogen-bond donors (Lipinski definition) is 0. The predicted octanol–water partition coefficient (Wildman–Crippen LogP) is 3.37. The summed E-state index contributed by atoms with van der Waals surface area (Å²) in [5, 5.41) is 0.471. The first kappa shape index (κ1) is 18.3. The number of carbonyl (C=O) groups excluding carboxylic acids is 2. The molecular weight excluding hydrogens is 355 g/mol. The molecule has 1 atom stereocenters. The van der Waals surface area contributed by atoms with Gasteiger partial charge >= 0.3 is 11.6 Å². The van der Waals surface area contributed by atoms with Gasteiger partial charge in [0, 0.05) is 10.9 Å². The van der Waals surface area contributed by atoms with Crippen LogP contribution in [0.1, 0.15) is 27.6 Å². The van der Waals surface area contributed by atoms with Crippen molar-refractivity contribution in [2.24, 2.45) is 0 Å². The fourth-order valence-corrected chi connectivity index (χ4v) is 2.55. The average Bonchev–Trinajstić information content (AvgIpc) is 2.66. The summed E-state index contributed by atoms with van der Waals surface area (Å²) in [6.45, 7) is 1.37. The van der Waals surface area contributed by atoms with E-state index in [1.807, 2.05) is 0 Å². The van der Waals surface area contributed by atoms with E-state index in [1.165, 1.54) is 32.2 Å². The monoisotopic (exact) mass is 370 g/mol. The third kappa shape index (κ3) is 3.72. The molecule has 0 aliphatic rings. The number of hydrogen-bond acceptors (Lipinski definition) is 6. The fourth-order valence-electron chi connectivity index (χ4n) is 2.55. The maximum Gasteiger partial charge on any atom is 0.351 e. The minimum absolute atomic E-state index is 0.187. The summed E-state index contributed by atoms with van der Waals surface area (Å²) < 4.78 is 28.3. The molecule has 6 nitrogen and oxygen atoms in total. The highest BCUT2D eigenvalue weighted by Crippen LogP contribution is 2.24. The number of halogens is 1. The number of Topliss-reactive ketones (excluding diaryl/α,β-unsaturated/α-hetero) is 1. The number of methoxy groups -OCH3 is 1. The summed E-state index contributed by atoms with van der Waals surface area (Å²) >= 11 is 0. The SMILES string of the molecule is COc1cccc2cc(C(=O)O[C@H](C)C(=O)c3ccc(F)cc3)c(=O)oc12. The van der Waals surface area contributed by atoms with Crippen LogP contribution >= 0.6 is 0 Å². The van der Waals surface area contributed by atoms with Crippen LogP contribution in [0.2, 0.25) is 0 Å². The van der Waals surface area contributed by atoms with Gasteiger partial charge in [-0.2, -0.15) is 0 Å². The highest BCUT2D eigenvalue weighted by atomic mass is 19.1. The van der Waals surface area contributed by atoms with Crippen molar-refractivity contribution in [2.45, 2.75) is 13.0 Å². The van der Waals surface area contributed by atoms with E-state index in [9.17, 15) is 18.8 Å². The van der Waals surface area contributed by atoms with Gasteiger partial charge in [-0.15, -0.1) is 0 Å². The van der Waals surface area contributed by atoms with E-state index in [-0.39, 0.29) is 16.7 Å². The van der Waals surface area contributed by atoms with E-state index in [4.69, 9.17) is 13.9 Å². The second kappa shape index (κ2) is 7.41. The lowest BCUT2D eigenvalue weighted by atomic mass is 10.1. The molecule has 0 bridgehead atoms. The second-order valence-electron chi connectivity index (χ2n) is 5.74. The summed E-state index contributed by atoms with van der Waals surface area (Å²) in [6, 6.07) is 11.1. The fraction of sp³-hybridized carbons (Fsp3) is 0.150. The Morgan fingerprint density at radius 3 is 2.48 bits per heavy atom. The third-order valence-corrected chi connectivity index (χ3v) is 3.95. The molecule has 3 aromatic rings. The van der Waals surface area contributed by atoms with E-state index in [0.717, 1.165) is 12.1 Å². The smallest absolute Gasteiger partial charge is 0.351 e. The lowest BCUT2D eigenvalue weighted by Crippen LogP contribution is -2.27. The number of esters is 1. The Balaban J connectivity index is 1.85. The average molecular weight is 370 g/mol. The molecule has 1 aromatic heterocycles. The number of benzene rings is 2. The summed E-state index contributed by atoms with van der Waals surface area (Å²) in [5.74, 6) is -1.64. The first-order valence-electron chi connectivity index (χ1n) is 8.02. The van der Waals surface area contributed by atoms with Gasteiger partial charge in [0.05, 0.1) is 7.11 Å². The van der Waals surface area contributed by atoms with Gasteiger partial charge in [-0.25, -0.2) is 14.0 Å². The molecule has 0 amide bonds. The molecule has 0 fully saturated rings. The number of ether oxygens (including phenoxy) is 2. The van der Waals surface area contributed by atoms with E-state index >= 15 is 0 Å². The van der Waals surface area contributed by atoms with E-state index in [1.54, 1.807) is 18.2 Å². The molecule has 2 aromatic carbocycles. The lowest BCUT2D eigenvalue weighted by Gasteiger charge is -2.12. The Morgan fingerprint density at radius 1 is 1.11 bits per heavy atom. The normalized spacial score (nSPS) is 11.8. The zero-order chi connectivity index (χ0) is 19.6. The van der Waals surface area contributed by atoms with Gasteiger partial charge in [0.1, 0.15) is 11.4 Å². The minimum atomic E-state index is -1.16. The molecule has 0 saturated carbocycles. The second-order valence-corrected chi connectivity index (χ2v) is 5.74. The summed E-state index contributed by atoms with van der Waals surface area (Å²) in [7, 11) is 1.43. The van der Waals surface area contributed by atoms with Crippen LogP contribution in [-0.2, 0) is 4.74 Å². The Bertz CT molecular complexity index is 1070. The van der Waals surface area contributed by atoms with Crippen LogP contribution in [0.25, 0.3) is 11.0 Å². The third-order valence-electron chi connectivity index (χ3n) is 3.95. The largest absolute Gasteiger partial charge is 0.493 e. The summed E-state index contributed by atoms with van der Waals surface area (Å²) in [6.07, 6.45) is -1.16. The Morgan fingerprint density at radius 2 is 1.81 bits per heavy atom. The zero-order valence-electron chi connectivity index (χ0n) is 14.5. The van der Waals surface area contributed by atoms with Gasteiger partial charge in [0.25, 0.3) is 0 Å². The summed E-state index contributed by atoms with van der Waals surface area (Å²) in [5.41, 5.74) is -0.850. The predicted molar refractivity (Wildman–Crippen MR) is 94.6 cm³/mol. The molecule has 0 spiro atoms. The molecule has 0 radical (unpaired) electrons. The molecule has 3 rings (SSSR count). The van der Waals surface area contributed by atoms with Gasteiger partial charge in [-0.1, -0.05) is 12.1 Å². The van der Waals surface area contributed by atoms with Crippen molar-refractivity contribution < 1.29 is 27.9 Å². The van der Waals surface area contributed by atoms with Crippen molar-refractivity contribution in [2.75, 3.05) is 7.11 Å². The lowest BCUT2D eigenvalue weighted by molar-refractivity contribution is 0.0315. The topological polar surface area (TPSA) is 82.8 Å². The van der Waals surface area contributed by atoms with Gasteiger partial charge < -0.3 is 13.9 Å². The summed E-state index contributed by atoms with van der Waals surface area (Å²) in [4.78, 5) is 36.8. The molecule has 27 heavy (non-hydrogen) atoms. The van der Waals surface area contributed by atoms with Crippen LogP contribution in [0.5, 0.6) is 5.75 Å². The van der Waals surface area contributed by atoms with Crippen molar-refractivity contribution in [1.82, 2.24) is 0 Å². The molecule has 7 heteroatoms. The molecule has 0 N–H and O–H groups in total. The van der Waals surface area contributed by atoms with Gasteiger partial charge in [0.2, 0.25) is 5.78 Å². The van der Waals surface area contributed by atoms with Crippen LogP contribution in [0, 0.1) is 5.82 Å². The van der Waals surface area contributed by atoms with Gasteiger partial charge in [-0.3, -0.25) is 4.79 Å². The number of rotatable bonds is 5. The van der Waals surface area contributed by atoms with Crippen LogP contribution in [0.15, 0.2) is 57.7 Å². The number of carbonyl (C=O) groups is 2. The van der Waals surface area contributed by atoms with Crippen molar-refractivity contribution in [3.63, 3.8) is 0 Å². The molecule has 138 valence electrons. The zero-order valence-corrected chi connectivity index (χ0v) is 14.5. The Kier molecular flexibility index (Phi) is 5.03. The van der Waals surface area contributed by atoms with Crippen LogP contribution in [0.4, 0.5) is 4.39 Å². The molecular formula is C20H15FO6. The van der Waals surface area contributed by atoms with Crippen molar-refractivity contribution >= 4 is 22.7 Å². The Hall–Kier alpha value is -3.48. The number of fused-ring (bicyclic) bond motifs is 1. The van der Waals surface area contributed by atoms with Crippen molar-refractivity contribution in [1.29, 1.82) is 0 Å². The van der Waals surface area contributed by atoms with E-state index < -0.39 is 29.3 Å². The van der Waals surface area contributed by atoms with E-state index in [0.29, 0.717) is 11.1 Å². The quantitative estimate of drug-likeness (QED) is 0.389. The van der Waals surface area contributed by atoms with Gasteiger partial charge in [-0.05, 0) is 43.3 Å². The first-order chi connectivity index (χ1) is 12.9. The van der Waals surface area contributed by atoms with Crippen LogP contribution in [0.3, 0.4) is 0 Å². The minimum Gasteiger partial charge on any atom is -0.493 e. The molecule has 0 aliphatic heterocycles. The van der Waals surface area contributed by atoms with Gasteiger partial charge in [0.15, 0.2) is 17.4 Å². The molecule has 1 heterocycles. The standard InChI is InChI=1S/C20H15FO6/c1-11(17(22)12-6-8-14(21)9-7-12)26-19(23)15-10-13-4-3-5-16(25-2)18(13)27-20(15)24/h3-11H,1-2H3/t11-/m1/s1. The highest BCUT2D eigenvalue weighted by Gasteiger charge is 2.23. The molecule has 0 aliphatic carbocycles. The maximum absolute atomic E-state index is 13.0. The number of para-hydroxylation sites is 1. The van der Waals surface area contributed by atoms with E-state index in [2.05, 4.69) is 0 Å². The van der Waals surface area contributed by atoms with Crippen molar-refractivity contribution in [3.05, 3.63) is 75.9 Å². The first-order valence-corrected chi connectivity index (χ1v) is 8.02. The maximum atomic E-state index is 13.0. The Labute approximate surface area is 153 Å². The number of ketones is 1.